The lowest BCUT2D eigenvalue weighted by molar-refractivity contribution is 0.0696. The number of carboxylic acid groups (broad SMARTS) is 1. The maximum absolute atomic E-state index is 10.9. The largest absolute Gasteiger partial charge is 0.478 e. The second kappa shape index (κ2) is 5.66. The van der Waals surface area contributed by atoms with Crippen LogP contribution in [0.15, 0.2) is 12.1 Å². The van der Waals surface area contributed by atoms with Crippen LogP contribution in [-0.4, -0.2) is 29.7 Å². The van der Waals surface area contributed by atoms with E-state index in [4.69, 9.17) is 5.11 Å². The third-order valence-corrected chi connectivity index (χ3v) is 2.62. The molecule has 0 aliphatic heterocycles. The van der Waals surface area contributed by atoms with Crippen molar-refractivity contribution in [1.29, 1.82) is 0 Å². The van der Waals surface area contributed by atoms with E-state index in [1.54, 1.807) is 12.1 Å². The summed E-state index contributed by atoms with van der Waals surface area (Å²) in [7, 11) is 1.94. The lowest BCUT2D eigenvalue weighted by Gasteiger charge is -2.20. The molecule has 0 spiro atoms. The average Bonchev–Trinajstić information content (AvgIpc) is 2.24. The predicted molar refractivity (Wildman–Crippen MR) is 68.7 cm³/mol. The van der Waals surface area contributed by atoms with Crippen LogP contribution in [0, 0.1) is 12.8 Å². The number of hydrogen-bond donors (Lipinski definition) is 1. The van der Waals surface area contributed by atoms with Gasteiger partial charge in [0.05, 0.1) is 5.56 Å². The minimum atomic E-state index is -0.908. The predicted octanol–water partition coefficient (Wildman–Crippen LogP) is 2.57. The van der Waals surface area contributed by atoms with Crippen LogP contribution >= 0.6 is 0 Å². The minimum absolute atomic E-state index is 0.295. The monoisotopic (exact) mass is 236 g/mol. The molecule has 0 radical (unpaired) electrons. The van der Waals surface area contributed by atoms with E-state index in [9.17, 15) is 4.79 Å². The van der Waals surface area contributed by atoms with Crippen molar-refractivity contribution in [2.45, 2.75) is 27.2 Å². The van der Waals surface area contributed by atoms with E-state index >= 15 is 0 Å². The second-order valence-electron chi connectivity index (χ2n) is 4.76. The third-order valence-electron chi connectivity index (χ3n) is 2.62. The highest BCUT2D eigenvalue weighted by molar-refractivity contribution is 5.88. The smallest absolute Gasteiger partial charge is 0.335 e. The molecule has 0 aromatic carbocycles. The molecule has 1 N–H and O–H groups in total. The normalized spacial score (nSPS) is 10.6. The van der Waals surface area contributed by atoms with Gasteiger partial charge in [0.15, 0.2) is 0 Å². The summed E-state index contributed by atoms with van der Waals surface area (Å²) in [6.45, 7) is 7.03. The van der Waals surface area contributed by atoms with Gasteiger partial charge in [0.25, 0.3) is 0 Å². The molecule has 94 valence electrons. The number of pyridine rings is 1. The van der Waals surface area contributed by atoms with Gasteiger partial charge in [-0.15, -0.1) is 0 Å². The first-order valence-electron chi connectivity index (χ1n) is 5.83. The Kier molecular flexibility index (Phi) is 4.49. The van der Waals surface area contributed by atoms with Crippen LogP contribution in [0.3, 0.4) is 0 Å². The van der Waals surface area contributed by atoms with Crippen LogP contribution in [0.25, 0.3) is 0 Å². The third kappa shape index (κ3) is 4.06. The summed E-state index contributed by atoms with van der Waals surface area (Å²) in [5, 5.41) is 8.99. The molecule has 4 heteroatoms. The van der Waals surface area contributed by atoms with Crippen molar-refractivity contribution in [3.63, 3.8) is 0 Å². The molecule has 0 saturated carbocycles. The first kappa shape index (κ1) is 13.5. The number of hydrogen-bond acceptors (Lipinski definition) is 3. The van der Waals surface area contributed by atoms with E-state index in [-0.39, 0.29) is 0 Å². The highest BCUT2D eigenvalue weighted by atomic mass is 16.4. The zero-order chi connectivity index (χ0) is 13.0. The fourth-order valence-electron chi connectivity index (χ4n) is 1.54. The Bertz CT molecular complexity index is 402. The molecule has 1 aromatic rings. The van der Waals surface area contributed by atoms with Crippen LogP contribution in [0.5, 0.6) is 0 Å². The molecule has 0 saturated heterocycles. The van der Waals surface area contributed by atoms with Crippen LogP contribution in [0.2, 0.25) is 0 Å². The number of aromatic nitrogens is 1. The molecular formula is C13H20N2O2. The summed E-state index contributed by atoms with van der Waals surface area (Å²) in [5.41, 5.74) is 1.03. The summed E-state index contributed by atoms with van der Waals surface area (Å²) in [5.74, 6) is 0.443. The molecular weight excluding hydrogens is 216 g/mol. The highest BCUT2D eigenvalue weighted by Gasteiger charge is 2.10. The summed E-state index contributed by atoms with van der Waals surface area (Å²) < 4.78 is 0. The molecule has 4 nitrogen and oxygen atoms in total. The average molecular weight is 236 g/mol. The molecule has 1 heterocycles. The Hall–Kier alpha value is -1.58. The van der Waals surface area contributed by atoms with Crippen molar-refractivity contribution in [1.82, 2.24) is 4.98 Å². The molecule has 0 bridgehead atoms. The van der Waals surface area contributed by atoms with Gasteiger partial charge in [0, 0.05) is 19.3 Å². The number of carbonyl (C=O) groups is 1. The van der Waals surface area contributed by atoms with Crippen molar-refractivity contribution in [2.24, 2.45) is 5.92 Å². The van der Waals surface area contributed by atoms with Gasteiger partial charge in [-0.25, -0.2) is 9.78 Å². The molecule has 0 unspecified atom stereocenters. The van der Waals surface area contributed by atoms with Gasteiger partial charge < -0.3 is 10.0 Å². The molecule has 0 atom stereocenters. The van der Waals surface area contributed by atoms with Crippen LogP contribution in [0.4, 0.5) is 5.82 Å². The van der Waals surface area contributed by atoms with E-state index in [1.165, 1.54) is 0 Å². The zero-order valence-corrected chi connectivity index (χ0v) is 10.9. The number of anilines is 1. The van der Waals surface area contributed by atoms with E-state index in [1.807, 2.05) is 18.9 Å². The Balaban J connectivity index is 2.86. The number of aromatic carboxylic acids is 1. The van der Waals surface area contributed by atoms with Gasteiger partial charge in [0.2, 0.25) is 0 Å². The molecule has 0 aliphatic carbocycles. The summed E-state index contributed by atoms with van der Waals surface area (Å²) in [4.78, 5) is 17.3. The van der Waals surface area contributed by atoms with E-state index in [0.717, 1.165) is 24.5 Å². The van der Waals surface area contributed by atoms with Crippen molar-refractivity contribution in [3.05, 3.63) is 23.4 Å². The Labute approximate surface area is 102 Å². The molecule has 0 fully saturated rings. The summed E-state index contributed by atoms with van der Waals surface area (Å²) in [6.07, 6.45) is 1.06. The fourth-order valence-corrected chi connectivity index (χ4v) is 1.54. The zero-order valence-electron chi connectivity index (χ0n) is 10.9. The van der Waals surface area contributed by atoms with Gasteiger partial charge in [-0.05, 0) is 31.4 Å². The van der Waals surface area contributed by atoms with Gasteiger partial charge in [-0.1, -0.05) is 13.8 Å². The van der Waals surface area contributed by atoms with Gasteiger partial charge in [-0.3, -0.25) is 0 Å². The van der Waals surface area contributed by atoms with Crippen molar-refractivity contribution in [3.8, 4) is 0 Å². The van der Waals surface area contributed by atoms with Crippen molar-refractivity contribution >= 4 is 11.8 Å². The summed E-state index contributed by atoms with van der Waals surface area (Å²) >= 11 is 0. The van der Waals surface area contributed by atoms with Gasteiger partial charge >= 0.3 is 5.97 Å². The van der Waals surface area contributed by atoms with E-state index < -0.39 is 5.97 Å². The Morgan fingerprint density at radius 1 is 1.47 bits per heavy atom. The standard InChI is InChI=1S/C13H20N2O2/c1-9(2)5-6-15(4)12-8-11(13(16)17)7-10(3)14-12/h7-9H,5-6H2,1-4H3,(H,16,17). The molecule has 17 heavy (non-hydrogen) atoms. The van der Waals surface area contributed by atoms with Crippen LogP contribution in [-0.2, 0) is 0 Å². The minimum Gasteiger partial charge on any atom is -0.478 e. The molecule has 0 aliphatic rings. The molecule has 1 aromatic heterocycles. The van der Waals surface area contributed by atoms with E-state index in [0.29, 0.717) is 11.5 Å². The summed E-state index contributed by atoms with van der Waals surface area (Å²) in [6, 6.07) is 3.21. The Morgan fingerprint density at radius 3 is 2.65 bits per heavy atom. The molecule has 0 amide bonds. The quantitative estimate of drug-likeness (QED) is 0.853. The van der Waals surface area contributed by atoms with E-state index in [2.05, 4.69) is 18.8 Å². The van der Waals surface area contributed by atoms with Crippen LogP contribution < -0.4 is 4.90 Å². The number of nitrogens with zero attached hydrogens (tertiary/aromatic N) is 2. The highest BCUT2D eigenvalue weighted by Crippen LogP contribution is 2.15. The lowest BCUT2D eigenvalue weighted by Crippen LogP contribution is -2.21. The lowest BCUT2D eigenvalue weighted by atomic mass is 10.1. The fraction of sp³-hybridized carbons (Fsp3) is 0.538. The number of carboxylic acids is 1. The maximum atomic E-state index is 10.9. The number of aryl methyl sites for hydroxylation is 1. The second-order valence-corrected chi connectivity index (χ2v) is 4.76. The molecule has 1 rings (SSSR count). The first-order chi connectivity index (χ1) is 7.90. The van der Waals surface area contributed by atoms with Gasteiger partial charge in [-0.2, -0.15) is 0 Å². The SMILES string of the molecule is Cc1cc(C(=O)O)cc(N(C)CCC(C)C)n1. The topological polar surface area (TPSA) is 53.4 Å². The first-order valence-corrected chi connectivity index (χ1v) is 5.83. The number of rotatable bonds is 5. The maximum Gasteiger partial charge on any atom is 0.335 e. The van der Waals surface area contributed by atoms with Crippen LogP contribution in [0.1, 0.15) is 36.3 Å². The van der Waals surface area contributed by atoms with Gasteiger partial charge in [0.1, 0.15) is 5.82 Å². The van der Waals surface area contributed by atoms with Crippen molar-refractivity contribution in [2.75, 3.05) is 18.5 Å². The Morgan fingerprint density at radius 2 is 2.12 bits per heavy atom. The van der Waals surface area contributed by atoms with Crippen molar-refractivity contribution < 1.29 is 9.90 Å².